The van der Waals surface area contributed by atoms with Gasteiger partial charge in [-0.3, -0.25) is 0 Å². The molecule has 1 aromatic heterocycles. The fraction of sp³-hybridized carbons (Fsp3) is 0.438. The molecule has 1 aliphatic heterocycles. The summed E-state index contributed by atoms with van der Waals surface area (Å²) < 4.78 is 13.2. The van der Waals surface area contributed by atoms with Gasteiger partial charge >= 0.3 is 0 Å². The average Bonchev–Trinajstić information content (AvgIpc) is 3.21. The highest BCUT2D eigenvalue weighted by Crippen LogP contribution is 2.33. The number of ether oxygens (including phenoxy) is 2. The van der Waals surface area contributed by atoms with Gasteiger partial charge in [-0.25, -0.2) is 4.68 Å². The first-order valence-corrected chi connectivity index (χ1v) is 7.54. The van der Waals surface area contributed by atoms with Crippen LogP contribution < -0.4 is 4.74 Å². The molecule has 6 heteroatoms. The van der Waals surface area contributed by atoms with Crippen LogP contribution in [0.2, 0.25) is 0 Å². The molecule has 0 N–H and O–H groups in total. The van der Waals surface area contributed by atoms with Crippen LogP contribution in [0.15, 0.2) is 24.3 Å². The summed E-state index contributed by atoms with van der Waals surface area (Å²) in [6, 6.07) is 9.76. The summed E-state index contributed by atoms with van der Waals surface area (Å²) in [5.74, 6) is 0.734. The average molecular weight is 298 g/mol. The minimum absolute atomic E-state index is 0.135. The first kappa shape index (κ1) is 14.5. The number of para-hydroxylation sites is 2. The summed E-state index contributed by atoms with van der Waals surface area (Å²) >= 11 is 0. The second kappa shape index (κ2) is 6.58. The highest BCUT2D eigenvalue weighted by molar-refractivity contribution is 5.48. The van der Waals surface area contributed by atoms with Gasteiger partial charge < -0.3 is 9.47 Å². The van der Waals surface area contributed by atoms with Crippen molar-refractivity contribution in [2.75, 3.05) is 13.2 Å². The molecule has 114 valence electrons. The number of hydrogen-bond acceptors (Lipinski definition) is 5. The highest BCUT2D eigenvalue weighted by Gasteiger charge is 2.28. The predicted molar refractivity (Wildman–Crippen MR) is 79.8 cm³/mol. The molecule has 1 atom stereocenters. The maximum atomic E-state index is 9.30. The van der Waals surface area contributed by atoms with Crippen molar-refractivity contribution < 1.29 is 9.47 Å². The Bertz CT molecular complexity index is 684. The lowest BCUT2D eigenvalue weighted by Crippen LogP contribution is -2.10. The van der Waals surface area contributed by atoms with Crippen LogP contribution in [-0.4, -0.2) is 28.2 Å². The third kappa shape index (κ3) is 2.68. The molecular weight excluding hydrogens is 280 g/mol. The van der Waals surface area contributed by atoms with E-state index in [0.29, 0.717) is 24.6 Å². The number of rotatable bonds is 5. The SMILES string of the molecule is CCCOc1ccccc1-n1nnc(C#N)c1C1CCCO1. The van der Waals surface area contributed by atoms with Crippen molar-refractivity contribution in [3.63, 3.8) is 0 Å². The number of hydrogen-bond donors (Lipinski definition) is 0. The molecule has 0 aliphatic carbocycles. The largest absolute Gasteiger partial charge is 0.491 e. The zero-order chi connectivity index (χ0) is 15.4. The van der Waals surface area contributed by atoms with Gasteiger partial charge in [-0.2, -0.15) is 5.26 Å². The van der Waals surface area contributed by atoms with Crippen molar-refractivity contribution in [2.45, 2.75) is 32.3 Å². The Labute approximate surface area is 129 Å². The maximum absolute atomic E-state index is 9.30. The highest BCUT2D eigenvalue weighted by atomic mass is 16.5. The van der Waals surface area contributed by atoms with Crippen molar-refractivity contribution in [3.05, 3.63) is 35.7 Å². The molecule has 0 amide bonds. The van der Waals surface area contributed by atoms with E-state index in [-0.39, 0.29) is 6.10 Å². The summed E-state index contributed by atoms with van der Waals surface area (Å²) in [4.78, 5) is 0. The standard InChI is InChI=1S/C16H18N4O2/c1-2-9-21-14-7-4-3-6-13(14)20-16(12(11-17)18-19-20)15-8-5-10-22-15/h3-4,6-7,15H,2,5,8-10H2,1H3. The topological polar surface area (TPSA) is 73.0 Å². The van der Waals surface area contributed by atoms with E-state index < -0.39 is 0 Å². The van der Waals surface area contributed by atoms with E-state index in [9.17, 15) is 5.26 Å². The molecule has 0 bridgehead atoms. The van der Waals surface area contributed by atoms with Crippen LogP contribution in [0.4, 0.5) is 0 Å². The van der Waals surface area contributed by atoms with Crippen LogP contribution in [0.5, 0.6) is 5.75 Å². The third-order valence-electron chi connectivity index (χ3n) is 3.60. The van der Waals surface area contributed by atoms with Gasteiger partial charge in [-0.1, -0.05) is 24.3 Å². The number of aromatic nitrogens is 3. The molecule has 6 nitrogen and oxygen atoms in total. The van der Waals surface area contributed by atoms with Gasteiger partial charge in [-0.15, -0.1) is 5.10 Å². The molecule has 1 aliphatic rings. The number of benzene rings is 1. The fourth-order valence-electron chi connectivity index (χ4n) is 2.60. The minimum atomic E-state index is -0.135. The van der Waals surface area contributed by atoms with E-state index in [4.69, 9.17) is 9.47 Å². The predicted octanol–water partition coefficient (Wildman–Crippen LogP) is 2.78. The third-order valence-corrected chi connectivity index (χ3v) is 3.60. The molecule has 3 rings (SSSR count). The summed E-state index contributed by atoms with van der Waals surface area (Å²) in [5.41, 5.74) is 1.82. The molecule has 1 saturated heterocycles. The molecular formula is C16H18N4O2. The number of nitriles is 1. The normalized spacial score (nSPS) is 17.4. The van der Waals surface area contributed by atoms with E-state index in [1.165, 1.54) is 0 Å². The van der Waals surface area contributed by atoms with E-state index in [2.05, 4.69) is 23.3 Å². The molecule has 2 aromatic rings. The smallest absolute Gasteiger partial charge is 0.189 e. The second-order valence-electron chi connectivity index (χ2n) is 5.16. The van der Waals surface area contributed by atoms with Gasteiger partial charge in [0.2, 0.25) is 0 Å². The lowest BCUT2D eigenvalue weighted by atomic mass is 10.1. The van der Waals surface area contributed by atoms with E-state index >= 15 is 0 Å². The van der Waals surface area contributed by atoms with Crippen molar-refractivity contribution in [1.29, 1.82) is 5.26 Å². The molecule has 22 heavy (non-hydrogen) atoms. The summed E-state index contributed by atoms with van der Waals surface area (Å²) in [7, 11) is 0. The van der Waals surface area contributed by atoms with Crippen molar-refractivity contribution >= 4 is 0 Å². The summed E-state index contributed by atoms with van der Waals surface area (Å²) in [6.45, 7) is 3.39. The Morgan fingerprint density at radius 2 is 2.32 bits per heavy atom. The Kier molecular flexibility index (Phi) is 4.35. The van der Waals surface area contributed by atoms with Crippen molar-refractivity contribution in [3.8, 4) is 17.5 Å². The Morgan fingerprint density at radius 3 is 3.05 bits per heavy atom. The van der Waals surface area contributed by atoms with Crippen molar-refractivity contribution in [2.24, 2.45) is 0 Å². The van der Waals surface area contributed by atoms with Crippen LogP contribution in [0.1, 0.15) is 43.7 Å². The Balaban J connectivity index is 2.05. The van der Waals surface area contributed by atoms with Crippen LogP contribution in [0, 0.1) is 11.3 Å². The summed E-state index contributed by atoms with van der Waals surface area (Å²) in [6.07, 6.45) is 2.64. The fourth-order valence-corrected chi connectivity index (χ4v) is 2.60. The lowest BCUT2D eigenvalue weighted by Gasteiger charge is -2.15. The lowest BCUT2D eigenvalue weighted by molar-refractivity contribution is 0.106. The summed E-state index contributed by atoms with van der Waals surface area (Å²) in [5, 5.41) is 17.4. The maximum Gasteiger partial charge on any atom is 0.189 e. The monoisotopic (exact) mass is 298 g/mol. The molecule has 1 aromatic carbocycles. The van der Waals surface area contributed by atoms with Crippen LogP contribution in [0.3, 0.4) is 0 Å². The van der Waals surface area contributed by atoms with Gasteiger partial charge in [-0.05, 0) is 31.4 Å². The van der Waals surface area contributed by atoms with Gasteiger partial charge in [0.1, 0.15) is 29.3 Å². The van der Waals surface area contributed by atoms with E-state index in [1.54, 1.807) is 4.68 Å². The van der Waals surface area contributed by atoms with Gasteiger partial charge in [0.15, 0.2) is 5.69 Å². The van der Waals surface area contributed by atoms with Gasteiger partial charge in [0.05, 0.1) is 6.61 Å². The van der Waals surface area contributed by atoms with Crippen LogP contribution >= 0.6 is 0 Å². The minimum Gasteiger partial charge on any atom is -0.491 e. The first-order valence-electron chi connectivity index (χ1n) is 7.54. The van der Waals surface area contributed by atoms with E-state index in [0.717, 1.165) is 30.7 Å². The first-order chi connectivity index (χ1) is 10.8. The second-order valence-corrected chi connectivity index (χ2v) is 5.16. The molecule has 1 fully saturated rings. The zero-order valence-electron chi connectivity index (χ0n) is 12.5. The van der Waals surface area contributed by atoms with E-state index in [1.807, 2.05) is 24.3 Å². The molecule has 0 spiro atoms. The Morgan fingerprint density at radius 1 is 1.45 bits per heavy atom. The molecule has 0 saturated carbocycles. The van der Waals surface area contributed by atoms with Gasteiger partial charge in [0, 0.05) is 6.61 Å². The molecule has 2 heterocycles. The molecule has 1 unspecified atom stereocenters. The quantitative estimate of drug-likeness (QED) is 0.848. The van der Waals surface area contributed by atoms with Gasteiger partial charge in [0.25, 0.3) is 0 Å². The molecule has 0 radical (unpaired) electrons. The Hall–Kier alpha value is -2.39. The number of nitrogens with zero attached hydrogens (tertiary/aromatic N) is 4. The van der Waals surface area contributed by atoms with Crippen LogP contribution in [-0.2, 0) is 4.74 Å². The zero-order valence-corrected chi connectivity index (χ0v) is 12.5. The van der Waals surface area contributed by atoms with Crippen LogP contribution in [0.25, 0.3) is 5.69 Å². The van der Waals surface area contributed by atoms with Crippen molar-refractivity contribution in [1.82, 2.24) is 15.0 Å².